The minimum absolute atomic E-state index is 1.13. The van der Waals surface area contributed by atoms with E-state index in [-0.39, 0.29) is 0 Å². The first-order valence-electron chi connectivity index (χ1n) is 9.44. The molecular formula is C28H25Br. The summed E-state index contributed by atoms with van der Waals surface area (Å²) in [5, 5.41) is 0. The van der Waals surface area contributed by atoms with Crippen LogP contribution >= 0.6 is 15.9 Å². The number of benzene rings is 4. The van der Waals surface area contributed by atoms with Gasteiger partial charge in [-0.25, -0.2) is 0 Å². The molecule has 0 aliphatic rings. The summed E-state index contributed by atoms with van der Waals surface area (Å²) in [6.07, 6.45) is 6.07. The fourth-order valence-corrected chi connectivity index (χ4v) is 2.63. The Bertz CT molecular complexity index is 903. The van der Waals surface area contributed by atoms with Crippen LogP contribution in [0.4, 0.5) is 0 Å². The quantitative estimate of drug-likeness (QED) is 0.279. The van der Waals surface area contributed by atoms with Crippen molar-refractivity contribution in [3.8, 4) is 0 Å². The molecule has 0 fully saturated rings. The maximum absolute atomic E-state index is 3.63. The molecule has 0 aliphatic heterocycles. The second kappa shape index (κ2) is 13.9. The fraction of sp³-hybridized carbons (Fsp3) is 0. The lowest BCUT2D eigenvalue weighted by molar-refractivity contribution is 1.65. The lowest BCUT2D eigenvalue weighted by Gasteiger charge is -1.92. The standard InChI is InChI=1S/C14H12.C8H8.C6H5Br/c1-3-7-13(8-4-1)11-12-14-9-5-2-6-10-14;1-2-8-6-4-3-5-7-8;7-6-4-2-1-3-5-6/h1-12H;2-7H,1H2;1-5H/b12-11+;;. The van der Waals surface area contributed by atoms with Gasteiger partial charge in [-0.15, -0.1) is 0 Å². The van der Waals surface area contributed by atoms with Crippen LogP contribution in [-0.2, 0) is 0 Å². The van der Waals surface area contributed by atoms with E-state index in [0.717, 1.165) is 4.47 Å². The van der Waals surface area contributed by atoms with Gasteiger partial charge >= 0.3 is 0 Å². The molecule has 0 spiro atoms. The number of hydrogen-bond acceptors (Lipinski definition) is 0. The van der Waals surface area contributed by atoms with Crippen LogP contribution in [0.2, 0.25) is 0 Å². The molecule has 29 heavy (non-hydrogen) atoms. The number of halogens is 1. The molecule has 0 aromatic heterocycles. The van der Waals surface area contributed by atoms with Gasteiger partial charge in [-0.05, 0) is 28.8 Å². The van der Waals surface area contributed by atoms with Gasteiger partial charge in [0.1, 0.15) is 0 Å². The molecule has 0 saturated heterocycles. The number of rotatable bonds is 3. The molecule has 0 radical (unpaired) electrons. The van der Waals surface area contributed by atoms with Gasteiger partial charge in [0.05, 0.1) is 0 Å². The summed E-state index contributed by atoms with van der Waals surface area (Å²) in [6.45, 7) is 3.63. The minimum atomic E-state index is 1.13. The Morgan fingerprint density at radius 2 is 0.759 bits per heavy atom. The lowest BCUT2D eigenvalue weighted by atomic mass is 10.1. The highest BCUT2D eigenvalue weighted by Crippen LogP contribution is 2.07. The molecule has 0 unspecified atom stereocenters. The van der Waals surface area contributed by atoms with Crippen molar-refractivity contribution in [2.24, 2.45) is 0 Å². The van der Waals surface area contributed by atoms with Gasteiger partial charge in [-0.2, -0.15) is 0 Å². The summed E-state index contributed by atoms with van der Waals surface area (Å²) in [5.41, 5.74) is 3.64. The van der Waals surface area contributed by atoms with E-state index in [1.807, 2.05) is 103 Å². The van der Waals surface area contributed by atoms with Crippen molar-refractivity contribution >= 4 is 34.2 Å². The van der Waals surface area contributed by atoms with Gasteiger partial charge in [0.2, 0.25) is 0 Å². The van der Waals surface area contributed by atoms with E-state index in [1.54, 1.807) is 0 Å². The summed E-state index contributed by atoms with van der Waals surface area (Å²) in [5.74, 6) is 0. The Morgan fingerprint density at radius 1 is 0.448 bits per heavy atom. The highest BCUT2D eigenvalue weighted by molar-refractivity contribution is 9.10. The first-order chi connectivity index (χ1) is 14.3. The zero-order valence-corrected chi connectivity index (χ0v) is 18.0. The average molecular weight is 441 g/mol. The van der Waals surface area contributed by atoms with Crippen molar-refractivity contribution in [3.63, 3.8) is 0 Å². The van der Waals surface area contributed by atoms with Gasteiger partial charge in [0, 0.05) is 4.47 Å². The van der Waals surface area contributed by atoms with Crippen molar-refractivity contribution in [2.75, 3.05) is 0 Å². The van der Waals surface area contributed by atoms with E-state index >= 15 is 0 Å². The third-order valence-corrected chi connectivity index (χ3v) is 4.36. The first-order valence-corrected chi connectivity index (χ1v) is 10.2. The molecule has 4 aromatic carbocycles. The summed E-state index contributed by atoms with van der Waals surface area (Å²) >= 11 is 3.31. The SMILES string of the molecule is Brc1ccccc1.C(=C\c1ccccc1)/c1ccccc1.C=Cc1ccccc1. The average Bonchev–Trinajstić information content (AvgIpc) is 2.81. The van der Waals surface area contributed by atoms with Crippen molar-refractivity contribution < 1.29 is 0 Å². The predicted molar refractivity (Wildman–Crippen MR) is 132 cm³/mol. The molecule has 0 nitrogen and oxygen atoms in total. The molecule has 0 atom stereocenters. The van der Waals surface area contributed by atoms with E-state index in [9.17, 15) is 0 Å². The molecule has 0 bridgehead atoms. The molecule has 0 saturated carbocycles. The Balaban J connectivity index is 0.000000170. The molecule has 0 amide bonds. The zero-order chi connectivity index (χ0) is 20.6. The van der Waals surface area contributed by atoms with E-state index < -0.39 is 0 Å². The Labute approximate surface area is 183 Å². The smallest absolute Gasteiger partial charge is 0.0175 e. The van der Waals surface area contributed by atoms with Crippen LogP contribution in [0.15, 0.2) is 132 Å². The van der Waals surface area contributed by atoms with Gasteiger partial charge in [0.25, 0.3) is 0 Å². The molecule has 1 heteroatoms. The first kappa shape index (κ1) is 22.1. The topological polar surface area (TPSA) is 0 Å². The molecule has 0 aliphatic carbocycles. The second-order valence-electron chi connectivity index (χ2n) is 6.07. The Hall–Kier alpha value is -3.16. The third kappa shape index (κ3) is 10.1. The maximum Gasteiger partial charge on any atom is 0.0175 e. The van der Waals surface area contributed by atoms with Crippen LogP contribution in [0.25, 0.3) is 18.2 Å². The fourth-order valence-electron chi connectivity index (χ4n) is 2.32. The van der Waals surface area contributed by atoms with Crippen molar-refractivity contribution in [3.05, 3.63) is 149 Å². The van der Waals surface area contributed by atoms with Gasteiger partial charge in [-0.1, -0.05) is 150 Å². The monoisotopic (exact) mass is 440 g/mol. The minimum Gasteiger partial charge on any atom is -0.0985 e. The number of hydrogen-bond donors (Lipinski definition) is 0. The summed E-state index contributed by atoms with van der Waals surface area (Å²) in [6, 6.07) is 40.6. The maximum atomic E-state index is 3.63. The van der Waals surface area contributed by atoms with E-state index in [2.05, 4.69) is 58.9 Å². The Kier molecular flexibility index (Phi) is 10.6. The summed E-state index contributed by atoms with van der Waals surface area (Å²) < 4.78 is 1.13. The van der Waals surface area contributed by atoms with Gasteiger partial charge < -0.3 is 0 Å². The van der Waals surface area contributed by atoms with Crippen molar-refractivity contribution in [1.29, 1.82) is 0 Å². The van der Waals surface area contributed by atoms with E-state index in [1.165, 1.54) is 16.7 Å². The summed E-state index contributed by atoms with van der Waals surface area (Å²) in [7, 11) is 0. The normalized spacial score (nSPS) is 9.55. The van der Waals surface area contributed by atoms with Crippen LogP contribution in [0.5, 0.6) is 0 Å². The van der Waals surface area contributed by atoms with Crippen LogP contribution in [0.1, 0.15) is 16.7 Å². The van der Waals surface area contributed by atoms with Crippen LogP contribution in [0.3, 0.4) is 0 Å². The largest absolute Gasteiger partial charge is 0.0985 e. The van der Waals surface area contributed by atoms with Crippen LogP contribution < -0.4 is 0 Å². The molecule has 144 valence electrons. The van der Waals surface area contributed by atoms with E-state index in [4.69, 9.17) is 0 Å². The molecule has 4 rings (SSSR count). The van der Waals surface area contributed by atoms with E-state index in [0.29, 0.717) is 0 Å². The predicted octanol–water partition coefficient (Wildman–Crippen LogP) is 8.64. The summed E-state index contributed by atoms with van der Waals surface area (Å²) in [4.78, 5) is 0. The second-order valence-corrected chi connectivity index (χ2v) is 6.98. The van der Waals surface area contributed by atoms with Gasteiger partial charge in [-0.3, -0.25) is 0 Å². The zero-order valence-electron chi connectivity index (χ0n) is 16.4. The van der Waals surface area contributed by atoms with Gasteiger partial charge in [0.15, 0.2) is 0 Å². The van der Waals surface area contributed by atoms with Crippen LogP contribution in [0, 0.1) is 0 Å². The molecule has 4 aromatic rings. The highest BCUT2D eigenvalue weighted by Gasteiger charge is 1.84. The van der Waals surface area contributed by atoms with Crippen LogP contribution in [-0.4, -0.2) is 0 Å². The molecule has 0 heterocycles. The third-order valence-electron chi connectivity index (χ3n) is 3.84. The van der Waals surface area contributed by atoms with Crippen molar-refractivity contribution in [2.45, 2.75) is 0 Å². The Morgan fingerprint density at radius 3 is 1.00 bits per heavy atom. The highest BCUT2D eigenvalue weighted by atomic mass is 79.9. The van der Waals surface area contributed by atoms with Crippen molar-refractivity contribution in [1.82, 2.24) is 0 Å². The molecular weight excluding hydrogens is 416 g/mol. The molecule has 0 N–H and O–H groups in total. The lowest BCUT2D eigenvalue weighted by Crippen LogP contribution is -1.70.